The number of thiocarbonyl (C=S) groups is 1. The fraction of sp³-hybridized carbons (Fsp3) is 0.600. The minimum atomic E-state index is -0.484. The minimum absolute atomic E-state index is 0.138. The zero-order chi connectivity index (χ0) is 20.7. The van der Waals surface area contributed by atoms with Gasteiger partial charge in [0.05, 0.1) is 24.9 Å². The molecule has 0 spiro atoms. The van der Waals surface area contributed by atoms with Gasteiger partial charge in [-0.15, -0.1) is 0 Å². The van der Waals surface area contributed by atoms with Crippen molar-refractivity contribution < 1.29 is 19.1 Å². The summed E-state index contributed by atoms with van der Waals surface area (Å²) in [6, 6.07) is 3.92. The molecule has 1 aromatic heterocycles. The Labute approximate surface area is 172 Å². The monoisotopic (exact) mass is 407 g/mol. The smallest absolute Gasteiger partial charge is 0.410 e. The first-order valence-electron chi connectivity index (χ1n) is 9.53. The largest absolute Gasteiger partial charge is 0.466 e. The van der Waals surface area contributed by atoms with Crippen LogP contribution in [0.2, 0.25) is 0 Å². The Morgan fingerprint density at radius 1 is 1.18 bits per heavy atom. The Morgan fingerprint density at radius 3 is 2.39 bits per heavy atom. The van der Waals surface area contributed by atoms with Gasteiger partial charge in [0, 0.05) is 43.2 Å². The van der Waals surface area contributed by atoms with Gasteiger partial charge in [-0.05, 0) is 39.8 Å². The van der Waals surface area contributed by atoms with E-state index in [0.29, 0.717) is 31.0 Å². The van der Waals surface area contributed by atoms with E-state index < -0.39 is 5.60 Å². The summed E-state index contributed by atoms with van der Waals surface area (Å²) in [5, 5.41) is 0. The molecular formula is C20H29N3O4S. The van der Waals surface area contributed by atoms with Crippen LogP contribution in [0, 0.1) is 0 Å². The highest BCUT2D eigenvalue weighted by Crippen LogP contribution is 2.18. The Kier molecular flexibility index (Phi) is 7.74. The summed E-state index contributed by atoms with van der Waals surface area (Å²) < 4.78 is 10.3. The first-order valence-corrected chi connectivity index (χ1v) is 9.94. The third kappa shape index (κ3) is 7.07. The summed E-state index contributed by atoms with van der Waals surface area (Å²) in [6.07, 6.45) is 2.15. The van der Waals surface area contributed by atoms with Crippen LogP contribution in [0.5, 0.6) is 0 Å². The summed E-state index contributed by atoms with van der Waals surface area (Å²) in [5.41, 5.74) is 1.34. The van der Waals surface area contributed by atoms with Crippen molar-refractivity contribution in [2.24, 2.45) is 0 Å². The van der Waals surface area contributed by atoms with Crippen LogP contribution in [-0.2, 0) is 20.7 Å². The van der Waals surface area contributed by atoms with E-state index in [1.54, 1.807) is 11.8 Å². The molecule has 0 radical (unpaired) electrons. The second-order valence-corrected chi connectivity index (χ2v) is 8.24. The zero-order valence-electron chi connectivity index (χ0n) is 17.1. The Morgan fingerprint density at radius 2 is 1.86 bits per heavy atom. The predicted octanol–water partition coefficient (Wildman–Crippen LogP) is 3.00. The fourth-order valence-electron chi connectivity index (χ4n) is 2.82. The van der Waals surface area contributed by atoms with Crippen molar-refractivity contribution in [3.05, 3.63) is 24.0 Å². The SMILES string of the molecule is CCOC(=O)CC(=S)Cc1ccc(N2CCN(C(=O)OC(C)(C)C)CC2)cn1. The third-order valence-corrected chi connectivity index (χ3v) is 4.42. The van der Waals surface area contributed by atoms with E-state index in [1.165, 1.54) is 0 Å². The molecule has 0 aromatic carbocycles. The Bertz CT molecular complexity index is 692. The minimum Gasteiger partial charge on any atom is -0.466 e. The highest BCUT2D eigenvalue weighted by atomic mass is 32.1. The van der Waals surface area contributed by atoms with Crippen LogP contribution < -0.4 is 4.90 Å². The molecule has 0 aliphatic carbocycles. The van der Waals surface area contributed by atoms with Crippen LogP contribution >= 0.6 is 12.2 Å². The van der Waals surface area contributed by atoms with E-state index in [9.17, 15) is 9.59 Å². The molecule has 1 amide bonds. The van der Waals surface area contributed by atoms with Crippen molar-refractivity contribution in [3.63, 3.8) is 0 Å². The molecule has 0 saturated carbocycles. The molecule has 8 heteroatoms. The molecular weight excluding hydrogens is 378 g/mol. The molecule has 1 aliphatic heterocycles. The van der Waals surface area contributed by atoms with Gasteiger partial charge >= 0.3 is 12.1 Å². The number of esters is 1. The number of amides is 1. The van der Waals surface area contributed by atoms with E-state index in [2.05, 4.69) is 9.88 Å². The summed E-state index contributed by atoms with van der Waals surface area (Å²) in [4.78, 5) is 32.6. The van der Waals surface area contributed by atoms with E-state index in [4.69, 9.17) is 21.7 Å². The zero-order valence-corrected chi connectivity index (χ0v) is 17.9. The van der Waals surface area contributed by atoms with Gasteiger partial charge in [-0.25, -0.2) is 4.79 Å². The summed E-state index contributed by atoms with van der Waals surface area (Å²) in [7, 11) is 0. The molecule has 28 heavy (non-hydrogen) atoms. The lowest BCUT2D eigenvalue weighted by molar-refractivity contribution is -0.141. The van der Waals surface area contributed by atoms with Crippen LogP contribution in [0.4, 0.5) is 10.5 Å². The van der Waals surface area contributed by atoms with Crippen molar-refractivity contribution in [2.45, 2.75) is 46.1 Å². The van der Waals surface area contributed by atoms with Crippen molar-refractivity contribution >= 4 is 34.8 Å². The molecule has 2 heterocycles. The molecule has 0 atom stereocenters. The predicted molar refractivity (Wildman–Crippen MR) is 112 cm³/mol. The van der Waals surface area contributed by atoms with E-state index >= 15 is 0 Å². The maximum Gasteiger partial charge on any atom is 0.410 e. The quantitative estimate of drug-likeness (QED) is 0.530. The molecule has 154 valence electrons. The lowest BCUT2D eigenvalue weighted by Crippen LogP contribution is -2.50. The van der Waals surface area contributed by atoms with Crippen LogP contribution in [0.1, 0.15) is 39.8 Å². The van der Waals surface area contributed by atoms with Gasteiger partial charge in [0.15, 0.2) is 0 Å². The Balaban J connectivity index is 1.83. The van der Waals surface area contributed by atoms with Gasteiger partial charge in [0.1, 0.15) is 5.60 Å². The average molecular weight is 408 g/mol. The molecule has 0 N–H and O–H groups in total. The Hall–Kier alpha value is -2.22. The summed E-state index contributed by atoms with van der Waals surface area (Å²) in [6.45, 7) is 10.4. The molecule has 0 bridgehead atoms. The molecule has 1 aromatic rings. The van der Waals surface area contributed by atoms with Gasteiger partial charge in [-0.3, -0.25) is 9.78 Å². The normalized spacial score (nSPS) is 14.6. The second kappa shape index (κ2) is 9.82. The number of carbonyl (C=O) groups excluding carboxylic acids is 2. The molecule has 1 saturated heterocycles. The molecule has 1 aliphatic rings. The maximum absolute atomic E-state index is 12.1. The highest BCUT2D eigenvalue weighted by Gasteiger charge is 2.26. The van der Waals surface area contributed by atoms with Gasteiger partial charge in [-0.2, -0.15) is 0 Å². The second-order valence-electron chi connectivity index (χ2n) is 7.66. The lowest BCUT2D eigenvalue weighted by Gasteiger charge is -2.36. The number of hydrogen-bond donors (Lipinski definition) is 0. The van der Waals surface area contributed by atoms with Gasteiger partial charge in [-0.1, -0.05) is 12.2 Å². The van der Waals surface area contributed by atoms with E-state index in [0.717, 1.165) is 24.5 Å². The summed E-state index contributed by atoms with van der Waals surface area (Å²) >= 11 is 5.26. The van der Waals surface area contributed by atoms with Gasteiger partial charge < -0.3 is 19.3 Å². The van der Waals surface area contributed by atoms with Crippen LogP contribution in [0.3, 0.4) is 0 Å². The fourth-order valence-corrected chi connectivity index (χ4v) is 3.09. The number of piperazine rings is 1. The molecule has 0 unspecified atom stereocenters. The van der Waals surface area contributed by atoms with Gasteiger partial charge in [0.2, 0.25) is 0 Å². The van der Waals surface area contributed by atoms with E-state index in [-0.39, 0.29) is 18.5 Å². The first kappa shape index (κ1) is 22.1. The van der Waals surface area contributed by atoms with Crippen LogP contribution in [0.15, 0.2) is 18.3 Å². The van der Waals surface area contributed by atoms with Crippen molar-refractivity contribution in [2.75, 3.05) is 37.7 Å². The first-order chi connectivity index (χ1) is 13.2. The number of pyridine rings is 1. The lowest BCUT2D eigenvalue weighted by atomic mass is 10.1. The number of ether oxygens (including phenoxy) is 2. The molecule has 7 nitrogen and oxygen atoms in total. The van der Waals surface area contributed by atoms with Crippen molar-refractivity contribution in [1.82, 2.24) is 9.88 Å². The standard InChI is InChI=1S/C20H29N3O4S/c1-5-26-18(24)13-17(28)12-15-6-7-16(14-21-15)22-8-10-23(11-9-22)19(25)27-20(2,3)4/h6-7,14H,5,8-13H2,1-4H3. The number of rotatable bonds is 6. The molecule has 2 rings (SSSR count). The van der Waals surface area contributed by atoms with Crippen LogP contribution in [-0.4, -0.2) is 65.2 Å². The van der Waals surface area contributed by atoms with Crippen molar-refractivity contribution in [3.8, 4) is 0 Å². The summed E-state index contributed by atoms with van der Waals surface area (Å²) in [5.74, 6) is -0.299. The number of anilines is 1. The van der Waals surface area contributed by atoms with Crippen LogP contribution in [0.25, 0.3) is 0 Å². The third-order valence-electron chi connectivity index (χ3n) is 4.13. The number of carbonyl (C=O) groups is 2. The topological polar surface area (TPSA) is 72.0 Å². The van der Waals surface area contributed by atoms with Crippen molar-refractivity contribution in [1.29, 1.82) is 0 Å². The maximum atomic E-state index is 12.1. The number of nitrogens with zero attached hydrogens (tertiary/aromatic N) is 3. The average Bonchev–Trinajstić information content (AvgIpc) is 2.61. The number of hydrogen-bond acceptors (Lipinski definition) is 7. The van der Waals surface area contributed by atoms with E-state index in [1.807, 2.05) is 39.1 Å². The highest BCUT2D eigenvalue weighted by molar-refractivity contribution is 7.80. The van der Waals surface area contributed by atoms with Gasteiger partial charge in [0.25, 0.3) is 0 Å². The number of aromatic nitrogens is 1. The molecule has 1 fully saturated rings.